The zero-order valence-electron chi connectivity index (χ0n) is 19.5. The van der Waals surface area contributed by atoms with Crippen LogP contribution >= 0.6 is 0 Å². The molecule has 0 atom stereocenters. The zero-order valence-corrected chi connectivity index (χ0v) is 19.5. The van der Waals surface area contributed by atoms with Gasteiger partial charge in [-0.3, -0.25) is 9.78 Å². The first-order chi connectivity index (χ1) is 16.5. The first-order valence-corrected chi connectivity index (χ1v) is 11.2. The van der Waals surface area contributed by atoms with Crippen molar-refractivity contribution in [1.82, 2.24) is 19.7 Å². The average Bonchev–Trinajstić information content (AvgIpc) is 3.32. The molecular weight excluding hydrogens is 432 g/mol. The Morgan fingerprint density at radius 1 is 1.06 bits per heavy atom. The molecule has 2 aromatic heterocycles. The van der Waals surface area contributed by atoms with Gasteiger partial charge in [0, 0.05) is 28.9 Å². The van der Waals surface area contributed by atoms with Crippen LogP contribution < -0.4 is 20.5 Å². The van der Waals surface area contributed by atoms with E-state index in [4.69, 9.17) is 15.2 Å². The van der Waals surface area contributed by atoms with Crippen LogP contribution in [0.5, 0.6) is 11.5 Å². The van der Waals surface area contributed by atoms with Gasteiger partial charge in [0.15, 0.2) is 11.5 Å². The smallest absolute Gasteiger partial charge is 0.221 e. The summed E-state index contributed by atoms with van der Waals surface area (Å²) < 4.78 is 13.5. The van der Waals surface area contributed by atoms with Gasteiger partial charge in [-0.05, 0) is 44.0 Å². The normalized spacial score (nSPS) is 10.9. The molecule has 9 heteroatoms. The quantitative estimate of drug-likeness (QED) is 0.370. The van der Waals surface area contributed by atoms with Gasteiger partial charge in [-0.15, -0.1) is 10.2 Å². The lowest BCUT2D eigenvalue weighted by molar-refractivity contribution is -0.117. The minimum absolute atomic E-state index is 0.0574. The van der Waals surface area contributed by atoms with Crippen molar-refractivity contribution in [2.75, 3.05) is 18.5 Å². The summed E-state index contributed by atoms with van der Waals surface area (Å²) in [6.45, 7) is 7.54. The van der Waals surface area contributed by atoms with Crippen molar-refractivity contribution in [3.05, 3.63) is 65.9 Å². The Labute approximate surface area is 197 Å². The van der Waals surface area contributed by atoms with Crippen molar-refractivity contribution in [2.24, 2.45) is 5.73 Å². The minimum Gasteiger partial charge on any atom is -0.490 e. The first kappa shape index (κ1) is 23.0. The molecule has 0 saturated heterocycles. The predicted octanol–water partition coefficient (Wildman–Crippen LogP) is 3.75. The molecule has 0 fully saturated rings. The van der Waals surface area contributed by atoms with Gasteiger partial charge in [0.25, 0.3) is 0 Å². The number of carbonyl (C=O) groups is 1. The number of benzene rings is 2. The van der Waals surface area contributed by atoms with Crippen LogP contribution in [0.2, 0.25) is 0 Å². The average molecular weight is 461 g/mol. The number of hydrogen-bond donors (Lipinski definition) is 2. The number of aromatic nitrogens is 4. The number of primary amides is 1. The molecule has 176 valence electrons. The summed E-state index contributed by atoms with van der Waals surface area (Å²) in [5, 5.41) is 12.1. The van der Waals surface area contributed by atoms with Gasteiger partial charge < -0.3 is 25.1 Å². The largest absolute Gasteiger partial charge is 0.490 e. The maximum Gasteiger partial charge on any atom is 0.221 e. The van der Waals surface area contributed by atoms with Crippen molar-refractivity contribution in [3.8, 4) is 11.5 Å². The van der Waals surface area contributed by atoms with Crippen LogP contribution in [0, 0.1) is 6.92 Å². The minimum atomic E-state index is -0.432. The Morgan fingerprint density at radius 3 is 2.44 bits per heavy atom. The lowest BCUT2D eigenvalue weighted by Crippen LogP contribution is -2.15. The van der Waals surface area contributed by atoms with Crippen LogP contribution in [0.1, 0.15) is 30.5 Å². The number of nitrogens with two attached hydrogens (primary N) is 1. The fourth-order valence-electron chi connectivity index (χ4n) is 3.87. The summed E-state index contributed by atoms with van der Waals surface area (Å²) in [5.41, 5.74) is 10.8. The third kappa shape index (κ3) is 4.93. The van der Waals surface area contributed by atoms with E-state index in [-0.39, 0.29) is 6.42 Å². The second-order valence-corrected chi connectivity index (χ2v) is 7.83. The number of ether oxygens (including phenoxy) is 2. The van der Waals surface area contributed by atoms with E-state index in [0.717, 1.165) is 33.4 Å². The Kier molecular flexibility index (Phi) is 6.91. The molecule has 4 aromatic rings. The molecule has 1 amide bonds. The Bertz CT molecular complexity index is 1300. The third-order valence-electron chi connectivity index (χ3n) is 5.50. The van der Waals surface area contributed by atoms with Gasteiger partial charge >= 0.3 is 0 Å². The van der Waals surface area contributed by atoms with Crippen LogP contribution in [0.3, 0.4) is 0 Å². The first-order valence-electron chi connectivity index (χ1n) is 11.2. The van der Waals surface area contributed by atoms with Crippen LogP contribution in [0.4, 0.5) is 11.4 Å². The molecule has 2 heterocycles. The molecule has 2 aromatic carbocycles. The molecule has 9 nitrogen and oxygen atoms in total. The summed E-state index contributed by atoms with van der Waals surface area (Å²) in [6.07, 6.45) is 5.11. The third-order valence-corrected chi connectivity index (χ3v) is 5.50. The highest BCUT2D eigenvalue weighted by Crippen LogP contribution is 2.38. The van der Waals surface area contributed by atoms with Gasteiger partial charge in [-0.25, -0.2) is 0 Å². The lowest BCUT2D eigenvalue weighted by atomic mass is 10.0. The number of nitrogens with zero attached hydrogens (tertiary/aromatic N) is 4. The van der Waals surface area contributed by atoms with E-state index >= 15 is 0 Å². The number of nitrogens with one attached hydrogen (secondary N) is 1. The van der Waals surface area contributed by atoms with E-state index in [1.807, 2.05) is 42.7 Å². The molecular formula is C25H28N6O3. The van der Waals surface area contributed by atoms with E-state index in [9.17, 15) is 4.79 Å². The summed E-state index contributed by atoms with van der Waals surface area (Å²) >= 11 is 0. The Balaban J connectivity index is 1.82. The van der Waals surface area contributed by atoms with E-state index < -0.39 is 5.91 Å². The molecule has 0 saturated carbocycles. The van der Waals surface area contributed by atoms with Gasteiger partial charge in [-0.1, -0.05) is 12.1 Å². The Hall–Kier alpha value is -4.14. The fraction of sp³-hybridized carbons (Fsp3) is 0.280. The van der Waals surface area contributed by atoms with Crippen molar-refractivity contribution < 1.29 is 14.3 Å². The molecule has 0 aliphatic carbocycles. The molecule has 4 rings (SSSR count). The molecule has 0 spiro atoms. The highest BCUT2D eigenvalue weighted by Gasteiger charge is 2.17. The monoisotopic (exact) mass is 460 g/mol. The standard InChI is InChI=1S/C25H28N6O3/c1-4-33-22-10-19-21(11-23(22)34-5-2)27-12-18(9-24(26)32)25(19)30-20-8-6-7-17(16(20)3)13-31-14-28-29-15-31/h6-8,10-12,14-15H,4-5,9,13H2,1-3H3,(H2,26,32)(H,27,30). The number of amides is 1. The molecule has 0 bridgehead atoms. The summed E-state index contributed by atoms with van der Waals surface area (Å²) in [6, 6.07) is 9.82. The van der Waals surface area contributed by atoms with Crippen molar-refractivity contribution in [1.29, 1.82) is 0 Å². The maximum atomic E-state index is 11.8. The van der Waals surface area contributed by atoms with Crippen molar-refractivity contribution in [2.45, 2.75) is 33.7 Å². The highest BCUT2D eigenvalue weighted by atomic mass is 16.5. The highest BCUT2D eigenvalue weighted by molar-refractivity contribution is 5.98. The molecule has 0 radical (unpaired) electrons. The van der Waals surface area contributed by atoms with Crippen LogP contribution in [-0.4, -0.2) is 38.9 Å². The summed E-state index contributed by atoms with van der Waals surface area (Å²) in [5.74, 6) is 0.819. The molecule has 34 heavy (non-hydrogen) atoms. The van der Waals surface area contributed by atoms with Crippen LogP contribution in [0.15, 0.2) is 49.2 Å². The zero-order chi connectivity index (χ0) is 24.1. The molecule has 3 N–H and O–H groups in total. The van der Waals surface area contributed by atoms with Crippen molar-refractivity contribution in [3.63, 3.8) is 0 Å². The molecule has 0 unspecified atom stereocenters. The number of rotatable bonds is 10. The van der Waals surface area contributed by atoms with Crippen LogP contribution in [-0.2, 0) is 17.8 Å². The Morgan fingerprint density at radius 2 is 1.76 bits per heavy atom. The van der Waals surface area contributed by atoms with Crippen LogP contribution in [0.25, 0.3) is 10.9 Å². The SMILES string of the molecule is CCOc1cc2ncc(CC(N)=O)c(Nc3cccc(Cn4cnnc4)c3C)c2cc1OCC. The van der Waals surface area contributed by atoms with Gasteiger partial charge in [0.1, 0.15) is 12.7 Å². The van der Waals surface area contributed by atoms with Gasteiger partial charge in [-0.2, -0.15) is 0 Å². The number of hydrogen-bond acceptors (Lipinski definition) is 7. The van der Waals surface area contributed by atoms with E-state index in [0.29, 0.717) is 36.8 Å². The number of fused-ring (bicyclic) bond motifs is 1. The predicted molar refractivity (Wildman–Crippen MR) is 131 cm³/mol. The van der Waals surface area contributed by atoms with Crippen molar-refractivity contribution >= 4 is 28.2 Å². The molecule has 0 aliphatic heterocycles. The number of pyridine rings is 1. The summed E-state index contributed by atoms with van der Waals surface area (Å²) in [4.78, 5) is 16.4. The van der Waals surface area contributed by atoms with E-state index in [1.165, 1.54) is 0 Å². The number of anilines is 2. The van der Waals surface area contributed by atoms with Gasteiger partial charge in [0.05, 0.1) is 37.4 Å². The summed E-state index contributed by atoms with van der Waals surface area (Å²) in [7, 11) is 0. The topological polar surface area (TPSA) is 117 Å². The number of carbonyl (C=O) groups excluding carboxylic acids is 1. The van der Waals surface area contributed by atoms with Gasteiger partial charge in [0.2, 0.25) is 5.91 Å². The van der Waals surface area contributed by atoms with E-state index in [2.05, 4.69) is 33.5 Å². The maximum absolute atomic E-state index is 11.8. The molecule has 0 aliphatic rings. The second-order valence-electron chi connectivity index (χ2n) is 7.83. The fourth-order valence-corrected chi connectivity index (χ4v) is 3.87. The van der Waals surface area contributed by atoms with E-state index in [1.54, 1.807) is 18.9 Å². The second kappa shape index (κ2) is 10.2. The lowest BCUT2D eigenvalue weighted by Gasteiger charge is -2.19.